The molecule has 3 heteroatoms. The van der Waals surface area contributed by atoms with Gasteiger partial charge in [-0.1, -0.05) is 33.6 Å². The Hall–Kier alpha value is -0.490. The highest BCUT2D eigenvalue weighted by atomic mass is 79.9. The highest BCUT2D eigenvalue weighted by Crippen LogP contribution is 2.21. The van der Waals surface area contributed by atoms with Crippen molar-refractivity contribution in [3.63, 3.8) is 0 Å². The maximum atomic E-state index is 6.08. The zero-order chi connectivity index (χ0) is 11.3. The third kappa shape index (κ3) is 4.25. The fourth-order valence-electron chi connectivity index (χ4n) is 1.20. The molecule has 0 spiro atoms. The number of rotatable bonds is 4. The van der Waals surface area contributed by atoms with Gasteiger partial charge in [0.1, 0.15) is 0 Å². The fourth-order valence-corrected chi connectivity index (χ4v) is 1.94. The molecule has 0 aliphatic carbocycles. The molecular weight excluding hydrogens is 273 g/mol. The third-order valence-electron chi connectivity index (χ3n) is 2.08. The Kier molecular flexibility index (Phi) is 5.17. The first-order valence-corrected chi connectivity index (χ1v) is 5.91. The fraction of sp³-hybridized carbons (Fsp3) is 0.333. The van der Waals surface area contributed by atoms with Crippen LogP contribution in [0.5, 0.6) is 0 Å². The van der Waals surface area contributed by atoms with Crippen molar-refractivity contribution < 1.29 is 0 Å². The summed E-state index contributed by atoms with van der Waals surface area (Å²) in [6.07, 6.45) is 5.96. The van der Waals surface area contributed by atoms with E-state index in [1.54, 1.807) is 0 Å². The number of hydrogen-bond donors (Lipinski definition) is 1. The minimum Gasteiger partial charge on any atom is -0.309 e. The first-order chi connectivity index (χ1) is 7.13. The Morgan fingerprint density at radius 2 is 2.33 bits per heavy atom. The highest BCUT2D eigenvalue weighted by molar-refractivity contribution is 9.10. The minimum atomic E-state index is 0.315. The number of nitrogens with one attached hydrogen (secondary N) is 1. The van der Waals surface area contributed by atoms with E-state index < -0.39 is 0 Å². The van der Waals surface area contributed by atoms with Gasteiger partial charge < -0.3 is 5.32 Å². The van der Waals surface area contributed by atoms with Gasteiger partial charge in [0.05, 0.1) is 0 Å². The molecule has 0 aromatic heterocycles. The highest BCUT2D eigenvalue weighted by Gasteiger charge is 2.03. The molecule has 1 unspecified atom stereocenters. The van der Waals surface area contributed by atoms with Crippen molar-refractivity contribution in [3.05, 3.63) is 33.3 Å². The van der Waals surface area contributed by atoms with Crippen LogP contribution in [-0.2, 0) is 6.54 Å². The van der Waals surface area contributed by atoms with Crippen LogP contribution in [0.3, 0.4) is 0 Å². The van der Waals surface area contributed by atoms with Crippen LogP contribution < -0.4 is 5.32 Å². The lowest BCUT2D eigenvalue weighted by molar-refractivity contribution is 0.559. The maximum absolute atomic E-state index is 6.08. The number of hydrogen-bond acceptors (Lipinski definition) is 1. The molecule has 1 aromatic rings. The van der Waals surface area contributed by atoms with Crippen LogP contribution in [0.15, 0.2) is 22.7 Å². The van der Waals surface area contributed by atoms with E-state index in [0.717, 1.165) is 28.0 Å². The molecule has 0 saturated heterocycles. The average molecular weight is 287 g/mol. The van der Waals surface area contributed by atoms with Crippen LogP contribution in [0.2, 0.25) is 5.02 Å². The Labute approximate surface area is 104 Å². The van der Waals surface area contributed by atoms with Gasteiger partial charge in [-0.25, -0.2) is 0 Å². The van der Waals surface area contributed by atoms with Gasteiger partial charge in [0.25, 0.3) is 0 Å². The van der Waals surface area contributed by atoms with Gasteiger partial charge in [0.15, 0.2) is 0 Å². The molecule has 0 aliphatic heterocycles. The molecule has 0 fully saturated rings. The van der Waals surface area contributed by atoms with Crippen molar-refractivity contribution in [1.29, 1.82) is 0 Å². The SMILES string of the molecule is C#CCC(C)NCc1ccc(Br)cc1Cl. The van der Waals surface area contributed by atoms with Gasteiger partial charge in [-0.3, -0.25) is 0 Å². The molecule has 0 saturated carbocycles. The van der Waals surface area contributed by atoms with Crippen molar-refractivity contribution >= 4 is 27.5 Å². The standard InChI is InChI=1S/C12H13BrClN/c1-3-4-9(2)15-8-10-5-6-11(13)7-12(10)14/h1,5-7,9,15H,4,8H2,2H3. The van der Waals surface area contributed by atoms with Gasteiger partial charge >= 0.3 is 0 Å². The van der Waals surface area contributed by atoms with Gasteiger partial charge in [0, 0.05) is 28.5 Å². The molecule has 0 radical (unpaired) electrons. The predicted octanol–water partition coefficient (Wildman–Crippen LogP) is 3.60. The van der Waals surface area contributed by atoms with E-state index >= 15 is 0 Å². The Balaban J connectivity index is 2.55. The molecule has 1 atom stereocenters. The topological polar surface area (TPSA) is 12.0 Å². The molecule has 0 amide bonds. The van der Waals surface area contributed by atoms with E-state index in [4.69, 9.17) is 18.0 Å². The van der Waals surface area contributed by atoms with Crippen molar-refractivity contribution in [2.75, 3.05) is 0 Å². The average Bonchev–Trinajstić information content (AvgIpc) is 2.17. The lowest BCUT2D eigenvalue weighted by atomic mass is 10.2. The normalized spacial score (nSPS) is 12.1. The molecular formula is C12H13BrClN. The zero-order valence-corrected chi connectivity index (χ0v) is 10.9. The molecule has 80 valence electrons. The summed E-state index contributed by atoms with van der Waals surface area (Å²) in [4.78, 5) is 0. The lowest BCUT2D eigenvalue weighted by Gasteiger charge is -2.11. The molecule has 15 heavy (non-hydrogen) atoms. The van der Waals surface area contributed by atoms with Crippen LogP contribution in [0.25, 0.3) is 0 Å². The molecule has 1 aromatic carbocycles. The van der Waals surface area contributed by atoms with Crippen molar-refractivity contribution in [1.82, 2.24) is 5.32 Å². The first kappa shape index (κ1) is 12.6. The molecule has 1 nitrogen and oxygen atoms in total. The lowest BCUT2D eigenvalue weighted by Crippen LogP contribution is -2.24. The second-order valence-electron chi connectivity index (χ2n) is 3.43. The molecule has 1 rings (SSSR count). The third-order valence-corrected chi connectivity index (χ3v) is 2.93. The van der Waals surface area contributed by atoms with Crippen LogP contribution in [-0.4, -0.2) is 6.04 Å². The molecule has 1 N–H and O–H groups in total. The second-order valence-corrected chi connectivity index (χ2v) is 4.75. The number of terminal acetylenes is 1. The van der Waals surface area contributed by atoms with Gasteiger partial charge in [-0.15, -0.1) is 12.3 Å². The summed E-state index contributed by atoms with van der Waals surface area (Å²) in [5, 5.41) is 4.09. The number of benzene rings is 1. The summed E-state index contributed by atoms with van der Waals surface area (Å²) in [5.41, 5.74) is 1.09. The summed E-state index contributed by atoms with van der Waals surface area (Å²) in [6, 6.07) is 6.19. The van der Waals surface area contributed by atoms with E-state index in [1.807, 2.05) is 18.2 Å². The van der Waals surface area contributed by atoms with E-state index in [2.05, 4.69) is 34.1 Å². The minimum absolute atomic E-state index is 0.315. The van der Waals surface area contributed by atoms with Crippen molar-refractivity contribution in [2.24, 2.45) is 0 Å². The number of halogens is 2. The smallest absolute Gasteiger partial charge is 0.0462 e. The van der Waals surface area contributed by atoms with Crippen molar-refractivity contribution in [2.45, 2.75) is 25.9 Å². The van der Waals surface area contributed by atoms with Gasteiger partial charge in [0.2, 0.25) is 0 Å². The monoisotopic (exact) mass is 285 g/mol. The van der Waals surface area contributed by atoms with E-state index in [0.29, 0.717) is 6.04 Å². The summed E-state index contributed by atoms with van der Waals surface area (Å²) in [5.74, 6) is 2.62. The summed E-state index contributed by atoms with van der Waals surface area (Å²) >= 11 is 9.45. The molecule has 0 aliphatic rings. The quantitative estimate of drug-likeness (QED) is 0.834. The second kappa shape index (κ2) is 6.17. The summed E-state index contributed by atoms with van der Waals surface area (Å²) < 4.78 is 0.993. The largest absolute Gasteiger partial charge is 0.309 e. The summed E-state index contributed by atoms with van der Waals surface area (Å²) in [7, 11) is 0. The van der Waals surface area contributed by atoms with Gasteiger partial charge in [-0.2, -0.15) is 0 Å². The van der Waals surface area contributed by atoms with Gasteiger partial charge in [-0.05, 0) is 24.6 Å². The zero-order valence-electron chi connectivity index (χ0n) is 8.56. The van der Waals surface area contributed by atoms with Crippen molar-refractivity contribution in [3.8, 4) is 12.3 Å². The van der Waals surface area contributed by atoms with Crippen LogP contribution >= 0.6 is 27.5 Å². The van der Waals surface area contributed by atoms with Crippen LogP contribution in [0, 0.1) is 12.3 Å². The van der Waals surface area contributed by atoms with E-state index in [9.17, 15) is 0 Å². The van der Waals surface area contributed by atoms with Crippen LogP contribution in [0.4, 0.5) is 0 Å². The Bertz CT molecular complexity index is 370. The molecule has 0 bridgehead atoms. The maximum Gasteiger partial charge on any atom is 0.0462 e. The van der Waals surface area contributed by atoms with E-state index in [-0.39, 0.29) is 0 Å². The predicted molar refractivity (Wildman–Crippen MR) is 68.9 cm³/mol. The van der Waals surface area contributed by atoms with Crippen LogP contribution in [0.1, 0.15) is 18.9 Å². The molecule has 0 heterocycles. The Morgan fingerprint density at radius 3 is 2.93 bits per heavy atom. The first-order valence-electron chi connectivity index (χ1n) is 4.74. The van der Waals surface area contributed by atoms with E-state index in [1.165, 1.54) is 0 Å². The Morgan fingerprint density at radius 1 is 1.60 bits per heavy atom. The summed E-state index contributed by atoms with van der Waals surface area (Å²) in [6.45, 7) is 2.81.